The zero-order valence-corrected chi connectivity index (χ0v) is 17.7. The van der Waals surface area contributed by atoms with Gasteiger partial charge in [-0.2, -0.15) is 0 Å². The van der Waals surface area contributed by atoms with Crippen molar-refractivity contribution in [3.8, 4) is 0 Å². The SMILES string of the molecule is CN(C)CCN(C(=O)c1cc(Cl)sc1Cl)c1nc2ccc(F)cc2s1.[Cl-]. The van der Waals surface area contributed by atoms with E-state index in [1.54, 1.807) is 17.0 Å². The fourth-order valence-corrected chi connectivity index (χ4v) is 4.68. The topological polar surface area (TPSA) is 36.4 Å². The lowest BCUT2D eigenvalue weighted by Crippen LogP contribution is -3.00. The number of halogens is 4. The van der Waals surface area contributed by atoms with Gasteiger partial charge in [-0.15, -0.1) is 11.3 Å². The predicted molar refractivity (Wildman–Crippen MR) is 104 cm³/mol. The Labute approximate surface area is 174 Å². The van der Waals surface area contributed by atoms with Crippen LogP contribution in [0, 0.1) is 5.82 Å². The molecule has 0 aliphatic heterocycles. The van der Waals surface area contributed by atoms with E-state index in [1.165, 1.54) is 23.5 Å². The number of aromatic nitrogens is 1. The molecule has 4 nitrogen and oxygen atoms in total. The van der Waals surface area contributed by atoms with E-state index in [0.717, 1.165) is 11.3 Å². The summed E-state index contributed by atoms with van der Waals surface area (Å²) >= 11 is 14.5. The number of anilines is 1. The normalized spacial score (nSPS) is 11.0. The lowest BCUT2D eigenvalue weighted by Gasteiger charge is -2.21. The second-order valence-electron chi connectivity index (χ2n) is 5.61. The summed E-state index contributed by atoms with van der Waals surface area (Å²) in [6.07, 6.45) is 0. The van der Waals surface area contributed by atoms with Crippen molar-refractivity contribution in [2.24, 2.45) is 0 Å². The highest BCUT2D eigenvalue weighted by molar-refractivity contribution is 7.22. The van der Waals surface area contributed by atoms with Crippen LogP contribution in [0.1, 0.15) is 10.4 Å². The third-order valence-electron chi connectivity index (χ3n) is 3.47. The molecule has 1 aromatic carbocycles. The Kier molecular flexibility index (Phi) is 7.24. The Balaban J connectivity index is 0.00000243. The molecule has 0 aliphatic rings. The molecule has 0 saturated heterocycles. The molecule has 0 spiro atoms. The molecule has 0 aliphatic carbocycles. The highest BCUT2D eigenvalue weighted by Crippen LogP contribution is 2.35. The van der Waals surface area contributed by atoms with Gasteiger partial charge in [0.1, 0.15) is 10.2 Å². The summed E-state index contributed by atoms with van der Waals surface area (Å²) in [6.45, 7) is 1.07. The standard InChI is InChI=1S/C16H14Cl2FN3OS2.ClH/c1-21(2)5-6-22(15(23)10-8-13(17)25-14(10)18)16-20-11-4-3-9(19)7-12(11)24-16;/h3-4,7-8H,5-6H2,1-2H3;1H/p-1. The van der Waals surface area contributed by atoms with Crippen LogP contribution in [-0.4, -0.2) is 43.0 Å². The van der Waals surface area contributed by atoms with E-state index in [-0.39, 0.29) is 24.1 Å². The van der Waals surface area contributed by atoms with E-state index in [1.807, 2.05) is 19.0 Å². The number of amides is 1. The van der Waals surface area contributed by atoms with Crippen molar-refractivity contribution in [2.45, 2.75) is 0 Å². The number of hydrogen-bond donors (Lipinski definition) is 0. The average molecular weight is 454 g/mol. The highest BCUT2D eigenvalue weighted by atomic mass is 35.5. The van der Waals surface area contributed by atoms with E-state index in [9.17, 15) is 9.18 Å². The van der Waals surface area contributed by atoms with Gasteiger partial charge in [0.05, 0.1) is 20.1 Å². The molecule has 1 amide bonds. The number of carbonyl (C=O) groups excluding carboxylic acids is 1. The molecule has 0 saturated carbocycles. The lowest BCUT2D eigenvalue weighted by atomic mass is 10.3. The molecular weight excluding hydrogens is 440 g/mol. The summed E-state index contributed by atoms with van der Waals surface area (Å²) in [6, 6.07) is 5.94. The lowest BCUT2D eigenvalue weighted by molar-refractivity contribution is -0.0000131. The first-order valence-corrected chi connectivity index (χ1v) is 9.71. The van der Waals surface area contributed by atoms with Crippen LogP contribution < -0.4 is 17.3 Å². The van der Waals surface area contributed by atoms with E-state index < -0.39 is 0 Å². The number of thiazole rings is 1. The predicted octanol–water partition coefficient (Wildman–Crippen LogP) is 2.02. The van der Waals surface area contributed by atoms with E-state index in [4.69, 9.17) is 23.2 Å². The van der Waals surface area contributed by atoms with E-state index in [0.29, 0.717) is 42.7 Å². The first kappa shape index (κ1) is 21.3. The average Bonchev–Trinajstić information content (AvgIpc) is 3.09. The quantitative estimate of drug-likeness (QED) is 0.593. The fourth-order valence-electron chi connectivity index (χ4n) is 2.22. The number of likely N-dealkylation sites (N-methyl/N-ethyl adjacent to an activating group) is 1. The van der Waals surface area contributed by atoms with Gasteiger partial charge in [0.25, 0.3) is 5.91 Å². The number of thiophene rings is 1. The molecule has 0 atom stereocenters. The maximum atomic E-state index is 13.4. The minimum absolute atomic E-state index is 0. The molecule has 0 fully saturated rings. The molecule has 2 aromatic heterocycles. The van der Waals surface area contributed by atoms with Gasteiger partial charge in [0.15, 0.2) is 5.13 Å². The zero-order chi connectivity index (χ0) is 18.1. The Bertz CT molecular complexity index is 929. The van der Waals surface area contributed by atoms with Crippen molar-refractivity contribution < 1.29 is 21.6 Å². The van der Waals surface area contributed by atoms with Crippen molar-refractivity contribution in [1.82, 2.24) is 9.88 Å². The van der Waals surface area contributed by atoms with Crippen LogP contribution in [-0.2, 0) is 0 Å². The van der Waals surface area contributed by atoms with Gasteiger partial charge in [-0.3, -0.25) is 9.69 Å². The molecule has 26 heavy (non-hydrogen) atoms. The number of carbonyl (C=O) groups is 1. The van der Waals surface area contributed by atoms with Gasteiger partial charge < -0.3 is 17.3 Å². The molecule has 2 heterocycles. The molecule has 3 aromatic rings. The Morgan fingerprint density at radius 3 is 2.54 bits per heavy atom. The third-order valence-corrected chi connectivity index (χ3v) is 6.00. The maximum absolute atomic E-state index is 13.4. The summed E-state index contributed by atoms with van der Waals surface area (Å²) in [5.74, 6) is -0.601. The van der Waals surface area contributed by atoms with Crippen molar-refractivity contribution in [3.63, 3.8) is 0 Å². The van der Waals surface area contributed by atoms with Crippen LogP contribution in [0.4, 0.5) is 9.52 Å². The molecule has 10 heteroatoms. The highest BCUT2D eigenvalue weighted by Gasteiger charge is 2.25. The zero-order valence-electron chi connectivity index (χ0n) is 13.8. The smallest absolute Gasteiger partial charge is 0.262 e. The molecule has 3 rings (SSSR count). The number of hydrogen-bond acceptors (Lipinski definition) is 5. The van der Waals surface area contributed by atoms with Crippen LogP contribution in [0.15, 0.2) is 24.3 Å². The number of benzene rings is 1. The van der Waals surface area contributed by atoms with Crippen molar-refractivity contribution in [2.75, 3.05) is 32.1 Å². The summed E-state index contributed by atoms with van der Waals surface area (Å²) < 4.78 is 14.9. The van der Waals surface area contributed by atoms with Gasteiger partial charge in [-0.05, 0) is 38.4 Å². The summed E-state index contributed by atoms with van der Waals surface area (Å²) in [7, 11) is 3.84. The van der Waals surface area contributed by atoms with Gasteiger partial charge in [0.2, 0.25) is 0 Å². The van der Waals surface area contributed by atoms with E-state index in [2.05, 4.69) is 4.98 Å². The van der Waals surface area contributed by atoms with Crippen molar-refractivity contribution in [3.05, 3.63) is 44.3 Å². The molecule has 0 bridgehead atoms. The third kappa shape index (κ3) is 4.65. The Morgan fingerprint density at radius 1 is 1.19 bits per heavy atom. The summed E-state index contributed by atoms with van der Waals surface area (Å²) in [5.41, 5.74) is 0.999. The van der Waals surface area contributed by atoms with E-state index >= 15 is 0 Å². The van der Waals surface area contributed by atoms with Crippen LogP contribution in [0.2, 0.25) is 8.67 Å². The second kappa shape index (κ2) is 8.82. The molecular formula is C16H14Cl3FN3OS2-. The van der Waals surface area contributed by atoms with Crippen LogP contribution in [0.25, 0.3) is 10.2 Å². The molecule has 140 valence electrons. The Hall–Kier alpha value is -0.960. The minimum atomic E-state index is -0.332. The number of fused-ring (bicyclic) bond motifs is 1. The van der Waals surface area contributed by atoms with Gasteiger partial charge in [0, 0.05) is 13.1 Å². The molecule has 0 N–H and O–H groups in total. The second-order valence-corrected chi connectivity index (χ2v) is 8.90. The minimum Gasteiger partial charge on any atom is -1.00 e. The number of rotatable bonds is 5. The van der Waals surface area contributed by atoms with Crippen LogP contribution in [0.5, 0.6) is 0 Å². The van der Waals surface area contributed by atoms with Crippen molar-refractivity contribution in [1.29, 1.82) is 0 Å². The molecule has 0 radical (unpaired) electrons. The summed E-state index contributed by atoms with van der Waals surface area (Å²) in [4.78, 5) is 21.0. The van der Waals surface area contributed by atoms with Crippen LogP contribution in [0.3, 0.4) is 0 Å². The van der Waals surface area contributed by atoms with Crippen LogP contribution >= 0.6 is 45.9 Å². The summed E-state index contributed by atoms with van der Waals surface area (Å²) in [5, 5.41) is 0.505. The van der Waals surface area contributed by atoms with Crippen molar-refractivity contribution >= 4 is 67.1 Å². The Morgan fingerprint density at radius 2 is 1.92 bits per heavy atom. The van der Waals surface area contributed by atoms with Gasteiger partial charge >= 0.3 is 0 Å². The maximum Gasteiger partial charge on any atom is 0.262 e. The number of nitrogens with zero attached hydrogens (tertiary/aromatic N) is 3. The van der Waals surface area contributed by atoms with Gasteiger partial charge in [-0.25, -0.2) is 9.37 Å². The first-order valence-electron chi connectivity index (χ1n) is 7.32. The monoisotopic (exact) mass is 452 g/mol. The first-order chi connectivity index (χ1) is 11.8. The largest absolute Gasteiger partial charge is 1.00 e. The van der Waals surface area contributed by atoms with Gasteiger partial charge in [-0.1, -0.05) is 34.5 Å². The molecule has 0 unspecified atom stereocenters. The fraction of sp³-hybridized carbons (Fsp3) is 0.250.